The Hall–Kier alpha value is -5.01. The van der Waals surface area contributed by atoms with E-state index in [4.69, 9.17) is 4.74 Å². The predicted molar refractivity (Wildman–Crippen MR) is 218 cm³/mol. The fourth-order valence-corrected chi connectivity index (χ4v) is 10.9. The first-order chi connectivity index (χ1) is 27.5. The van der Waals surface area contributed by atoms with Crippen molar-refractivity contribution in [2.45, 2.75) is 73.3 Å². The van der Waals surface area contributed by atoms with Crippen LogP contribution in [-0.2, 0) is 37.7 Å². The number of likely N-dealkylation sites (tertiary alicyclic amines) is 1. The molecule has 3 aromatic carbocycles. The Morgan fingerprint density at radius 2 is 1.75 bits per heavy atom. The number of alkyl carbamates (subject to hydrolysis) is 1. The molecular weight excluding hydrogens is 744 g/mol. The molecule has 11 nitrogen and oxygen atoms in total. The van der Waals surface area contributed by atoms with Crippen LogP contribution in [0.1, 0.15) is 50.4 Å². The zero-order valence-electron chi connectivity index (χ0n) is 32.8. The monoisotopic (exact) mass is 796 g/mol. The van der Waals surface area contributed by atoms with Gasteiger partial charge in [-0.25, -0.2) is 22.6 Å². The molecule has 0 radical (unpaired) electrons. The molecule has 3 atom stereocenters. The first-order valence-corrected chi connectivity index (χ1v) is 21.5. The summed E-state index contributed by atoms with van der Waals surface area (Å²) in [5.74, 6) is 1.03. The lowest BCUT2D eigenvalue weighted by Gasteiger charge is -2.51. The second-order valence-electron chi connectivity index (χ2n) is 15.7. The number of piperidine rings is 1. The van der Waals surface area contributed by atoms with Gasteiger partial charge in [0.1, 0.15) is 17.7 Å². The molecule has 1 aromatic heterocycles. The first kappa shape index (κ1) is 40.2. The molecule has 7 rings (SSSR count). The zero-order valence-corrected chi connectivity index (χ0v) is 33.6. The molecule has 13 heteroatoms. The van der Waals surface area contributed by atoms with Crippen LogP contribution in [0.15, 0.2) is 108 Å². The van der Waals surface area contributed by atoms with Crippen molar-refractivity contribution in [3.8, 4) is 0 Å². The normalized spacial score (nSPS) is 20.4. The van der Waals surface area contributed by atoms with Crippen LogP contribution in [-0.4, -0.2) is 80.7 Å². The van der Waals surface area contributed by atoms with E-state index in [1.165, 1.54) is 18.2 Å². The van der Waals surface area contributed by atoms with Crippen LogP contribution in [0.5, 0.6) is 0 Å². The van der Waals surface area contributed by atoms with Crippen molar-refractivity contribution in [2.75, 3.05) is 50.0 Å². The highest BCUT2D eigenvalue weighted by Crippen LogP contribution is 2.52. The van der Waals surface area contributed by atoms with E-state index in [1.54, 1.807) is 37.4 Å². The van der Waals surface area contributed by atoms with E-state index < -0.39 is 27.3 Å². The average Bonchev–Trinajstić information content (AvgIpc) is 3.87. The lowest BCUT2D eigenvalue weighted by Crippen LogP contribution is -2.55. The highest BCUT2D eigenvalue weighted by molar-refractivity contribution is 7.91. The van der Waals surface area contributed by atoms with Crippen LogP contribution >= 0.6 is 0 Å². The number of nitrogens with one attached hydrogen (secondary N) is 2. The topological polar surface area (TPSA) is 126 Å². The fraction of sp³-hybridized carbons (Fsp3) is 0.432. The number of amides is 2. The molecule has 57 heavy (non-hydrogen) atoms. The Bertz CT molecular complexity index is 2160. The average molecular weight is 797 g/mol. The van der Waals surface area contributed by atoms with Crippen molar-refractivity contribution in [1.29, 1.82) is 0 Å². The molecule has 2 saturated heterocycles. The molecule has 0 unspecified atom stereocenters. The number of hydrogen-bond donors (Lipinski definition) is 2. The summed E-state index contributed by atoms with van der Waals surface area (Å²) in [6.45, 7) is 10.7. The second-order valence-corrected chi connectivity index (χ2v) is 17.6. The number of sulfone groups is 1. The molecule has 4 aromatic rings. The van der Waals surface area contributed by atoms with E-state index >= 15 is 4.39 Å². The number of anilines is 2. The summed E-state index contributed by atoms with van der Waals surface area (Å²) in [6, 6.07) is 20.3. The molecule has 2 aliphatic heterocycles. The number of carbonyl (C=O) groups is 2. The van der Waals surface area contributed by atoms with E-state index in [0.29, 0.717) is 18.2 Å². The van der Waals surface area contributed by atoms with Gasteiger partial charge in [-0.1, -0.05) is 31.7 Å². The highest BCUT2D eigenvalue weighted by Gasteiger charge is 2.53. The number of hydrogen-bond acceptors (Lipinski definition) is 8. The lowest BCUT2D eigenvalue weighted by molar-refractivity contribution is -0.111. The summed E-state index contributed by atoms with van der Waals surface area (Å²) in [5.41, 5.74) is 1.85. The molecule has 0 spiro atoms. The maximum Gasteiger partial charge on any atom is 0.407 e. The number of aromatic nitrogens is 2. The minimum Gasteiger partial charge on any atom is -0.446 e. The number of benzene rings is 3. The number of halogens is 1. The highest BCUT2D eigenvalue weighted by atomic mass is 32.2. The van der Waals surface area contributed by atoms with Gasteiger partial charge in [-0.05, 0) is 117 Å². The van der Waals surface area contributed by atoms with Crippen molar-refractivity contribution >= 4 is 33.2 Å². The Morgan fingerprint density at radius 1 is 1.00 bits per heavy atom. The van der Waals surface area contributed by atoms with E-state index in [9.17, 15) is 18.0 Å². The van der Waals surface area contributed by atoms with Crippen molar-refractivity contribution < 1.29 is 27.1 Å². The predicted octanol–water partition coefficient (Wildman–Crippen LogP) is 6.85. The van der Waals surface area contributed by atoms with Crippen LogP contribution < -0.4 is 15.5 Å². The summed E-state index contributed by atoms with van der Waals surface area (Å²) < 4.78 is 50.3. The second kappa shape index (κ2) is 17.2. The third kappa shape index (κ3) is 8.50. The van der Waals surface area contributed by atoms with Crippen molar-refractivity contribution in [3.63, 3.8) is 0 Å². The van der Waals surface area contributed by atoms with Gasteiger partial charge < -0.3 is 29.7 Å². The number of rotatable bonds is 14. The number of ether oxygens (including phenoxy) is 1. The molecule has 3 aliphatic rings. The van der Waals surface area contributed by atoms with E-state index in [2.05, 4.69) is 49.6 Å². The van der Waals surface area contributed by atoms with Crippen LogP contribution in [0.3, 0.4) is 0 Å². The van der Waals surface area contributed by atoms with Gasteiger partial charge in [0, 0.05) is 80.7 Å². The lowest BCUT2D eigenvalue weighted by atomic mass is 9.58. The van der Waals surface area contributed by atoms with Crippen LogP contribution in [0.2, 0.25) is 0 Å². The van der Waals surface area contributed by atoms with Gasteiger partial charge in [-0.15, -0.1) is 0 Å². The van der Waals surface area contributed by atoms with Crippen molar-refractivity contribution in [1.82, 2.24) is 19.8 Å². The van der Waals surface area contributed by atoms with Crippen LogP contribution in [0, 0.1) is 23.6 Å². The summed E-state index contributed by atoms with van der Waals surface area (Å²) >= 11 is 0. The van der Waals surface area contributed by atoms with Gasteiger partial charge in [0.15, 0.2) is 0 Å². The van der Waals surface area contributed by atoms with Gasteiger partial charge in [0.2, 0.25) is 15.7 Å². The van der Waals surface area contributed by atoms with Crippen molar-refractivity contribution in [2.24, 2.45) is 17.8 Å². The summed E-state index contributed by atoms with van der Waals surface area (Å²) in [7, 11) is -2.20. The summed E-state index contributed by atoms with van der Waals surface area (Å²) in [4.78, 5) is 34.1. The maximum absolute atomic E-state index is 15.2. The van der Waals surface area contributed by atoms with Crippen LogP contribution in [0.4, 0.5) is 20.6 Å². The van der Waals surface area contributed by atoms with Gasteiger partial charge in [0.05, 0.1) is 9.79 Å². The Labute approximate surface area is 335 Å². The van der Waals surface area contributed by atoms with Gasteiger partial charge in [0.25, 0.3) is 0 Å². The number of imidazole rings is 1. The smallest absolute Gasteiger partial charge is 0.407 e. The number of aryl methyl sites for hydroxylation is 1. The SMILES string of the molecule is C=CC(=O)Nc1cccc(S(=O)(=O)c2ccc(N3CC(CN4CCC([C@@](Cn5ccnc5CC)(c5cccc(F)c5)[C@H]5CCC[C@@H]5OC(=O)NC)CC4)C3)cc2)c1. The Morgan fingerprint density at radius 3 is 2.46 bits per heavy atom. The third-order valence-electron chi connectivity index (χ3n) is 12.4. The van der Waals surface area contributed by atoms with Gasteiger partial charge >= 0.3 is 6.09 Å². The molecule has 3 fully saturated rings. The Kier molecular flexibility index (Phi) is 12.2. The van der Waals surface area contributed by atoms with E-state index in [0.717, 1.165) is 94.4 Å². The fourth-order valence-electron chi connectivity index (χ4n) is 9.60. The van der Waals surface area contributed by atoms with E-state index in [-0.39, 0.29) is 33.5 Å². The van der Waals surface area contributed by atoms with Crippen molar-refractivity contribution in [3.05, 3.63) is 115 Å². The molecule has 2 N–H and O–H groups in total. The molecule has 302 valence electrons. The first-order valence-electron chi connectivity index (χ1n) is 20.0. The largest absolute Gasteiger partial charge is 0.446 e. The third-order valence-corrected chi connectivity index (χ3v) is 14.2. The van der Waals surface area contributed by atoms with Gasteiger partial charge in [-0.2, -0.15) is 0 Å². The molecule has 2 amide bonds. The number of carbonyl (C=O) groups excluding carboxylic acids is 2. The maximum atomic E-state index is 15.2. The minimum atomic E-state index is -3.78. The van der Waals surface area contributed by atoms with Crippen LogP contribution in [0.25, 0.3) is 0 Å². The standard InChI is InChI=1S/C44H53FN6O5S/c1-4-41-47-21-24-50(41)30-44(33-9-6-10-34(45)25-33,39-13-8-14-40(39)56-43(53)46-3)32-19-22-49(23-20-32)27-31-28-51(29-31)36-15-17-37(18-16-36)57(54,55)38-12-7-11-35(26-38)48-42(52)5-2/h5-7,9-12,15-18,21,24-26,31-32,39-40H,2,4,8,13-14,19-20,22-23,27-30H2,1,3H3,(H,46,53)(H,48,52)/t39-,40-,44-/m0/s1. The van der Waals surface area contributed by atoms with Gasteiger partial charge in [-0.3, -0.25) is 4.79 Å². The number of nitrogens with zero attached hydrogens (tertiary/aromatic N) is 4. The summed E-state index contributed by atoms with van der Waals surface area (Å²) in [5, 5.41) is 5.26. The molecule has 1 aliphatic carbocycles. The molecule has 0 bridgehead atoms. The minimum absolute atomic E-state index is 0.0111. The quantitative estimate of drug-likeness (QED) is 0.133. The molecule has 1 saturated carbocycles. The molecular formula is C44H53FN6O5S. The zero-order chi connectivity index (χ0) is 40.2. The summed E-state index contributed by atoms with van der Waals surface area (Å²) in [6.07, 6.45) is 9.57. The molecule has 3 heterocycles. The Balaban J connectivity index is 1.03. The van der Waals surface area contributed by atoms with E-state index in [1.807, 2.05) is 30.6 Å².